The minimum Gasteiger partial charge on any atom is -0.258 e. The van der Waals surface area contributed by atoms with Gasteiger partial charge in [-0.05, 0) is 44.2 Å². The summed E-state index contributed by atoms with van der Waals surface area (Å²) in [5, 5.41) is 0. The molecule has 1 rings (SSSR count). The van der Waals surface area contributed by atoms with Crippen molar-refractivity contribution >= 4 is 11.4 Å². The molecule has 0 heterocycles. The zero-order valence-corrected chi connectivity index (χ0v) is 10.5. The van der Waals surface area contributed by atoms with Crippen LogP contribution in [-0.2, 0) is 0 Å². The van der Waals surface area contributed by atoms with Crippen LogP contribution < -0.4 is 0 Å². The predicted molar refractivity (Wildman–Crippen MR) is 68.1 cm³/mol. The van der Waals surface area contributed by atoms with E-state index in [0.717, 1.165) is 12.1 Å². The average molecular weight is 203 g/mol. The van der Waals surface area contributed by atoms with Crippen LogP contribution in [-0.4, -0.2) is 5.71 Å². The third-order valence-corrected chi connectivity index (χ3v) is 2.45. The Bertz CT molecular complexity index is 341. The van der Waals surface area contributed by atoms with Crippen molar-refractivity contribution in [3.63, 3.8) is 0 Å². The molecule has 82 valence electrons. The Morgan fingerprint density at radius 2 is 1.73 bits per heavy atom. The molecule has 15 heavy (non-hydrogen) atoms. The molecule has 0 spiro atoms. The van der Waals surface area contributed by atoms with Gasteiger partial charge in [0.05, 0.1) is 5.69 Å². The minimum absolute atomic E-state index is 0.679. The second-order valence-corrected chi connectivity index (χ2v) is 4.69. The van der Waals surface area contributed by atoms with Gasteiger partial charge in [-0.1, -0.05) is 32.0 Å². The lowest BCUT2D eigenvalue weighted by molar-refractivity contribution is 0.682. The molecule has 0 fully saturated rings. The van der Waals surface area contributed by atoms with Gasteiger partial charge in [0.25, 0.3) is 0 Å². The molecule has 1 nitrogen and oxygen atoms in total. The molecule has 0 unspecified atom stereocenters. The molecule has 1 aromatic rings. The van der Waals surface area contributed by atoms with Crippen molar-refractivity contribution in [2.75, 3.05) is 0 Å². The largest absolute Gasteiger partial charge is 0.258 e. The average Bonchev–Trinajstić information content (AvgIpc) is 2.10. The lowest BCUT2D eigenvalue weighted by Crippen LogP contribution is -1.97. The van der Waals surface area contributed by atoms with Crippen LogP contribution in [0.4, 0.5) is 5.69 Å². The van der Waals surface area contributed by atoms with E-state index < -0.39 is 0 Å². The van der Waals surface area contributed by atoms with Crippen LogP contribution in [0.1, 0.15) is 38.3 Å². The highest BCUT2D eigenvalue weighted by Crippen LogP contribution is 2.23. The number of para-hydroxylation sites is 1. The maximum Gasteiger partial charge on any atom is 0.0687 e. The maximum absolute atomic E-state index is 4.71. The van der Waals surface area contributed by atoms with Gasteiger partial charge in [-0.25, -0.2) is 0 Å². The first-order valence-electron chi connectivity index (χ1n) is 5.61. The van der Waals surface area contributed by atoms with Crippen LogP contribution in [0, 0.1) is 19.8 Å². The van der Waals surface area contributed by atoms with E-state index in [0.29, 0.717) is 5.92 Å². The molecule has 0 atom stereocenters. The van der Waals surface area contributed by atoms with Crippen LogP contribution in [0.25, 0.3) is 0 Å². The van der Waals surface area contributed by atoms with Gasteiger partial charge in [0.2, 0.25) is 0 Å². The Morgan fingerprint density at radius 3 is 2.20 bits per heavy atom. The first-order chi connectivity index (χ1) is 7.00. The van der Waals surface area contributed by atoms with E-state index >= 15 is 0 Å². The number of hydrogen-bond acceptors (Lipinski definition) is 1. The third kappa shape index (κ3) is 3.50. The Balaban J connectivity index is 2.97. The van der Waals surface area contributed by atoms with E-state index in [-0.39, 0.29) is 0 Å². The fraction of sp³-hybridized carbons (Fsp3) is 0.500. The summed E-state index contributed by atoms with van der Waals surface area (Å²) >= 11 is 0. The van der Waals surface area contributed by atoms with Crippen LogP contribution in [0.5, 0.6) is 0 Å². The summed E-state index contributed by atoms with van der Waals surface area (Å²) < 4.78 is 0. The van der Waals surface area contributed by atoms with Crippen LogP contribution in [0.3, 0.4) is 0 Å². The van der Waals surface area contributed by atoms with Gasteiger partial charge in [-0.15, -0.1) is 0 Å². The standard InChI is InChI=1S/C14H21N/c1-10(2)9-13(5)15-14-11(3)7-6-8-12(14)4/h6-8,10H,9H2,1-5H3. The fourth-order valence-electron chi connectivity index (χ4n) is 1.81. The molecule has 0 N–H and O–H groups in total. The minimum atomic E-state index is 0.679. The van der Waals surface area contributed by atoms with E-state index in [2.05, 4.69) is 52.8 Å². The van der Waals surface area contributed by atoms with Gasteiger partial charge in [-0.3, -0.25) is 4.99 Å². The van der Waals surface area contributed by atoms with Gasteiger partial charge in [-0.2, -0.15) is 0 Å². The highest BCUT2D eigenvalue weighted by molar-refractivity contribution is 5.85. The number of nitrogens with zero attached hydrogens (tertiary/aromatic N) is 1. The van der Waals surface area contributed by atoms with E-state index in [1.54, 1.807) is 0 Å². The number of aryl methyl sites for hydroxylation is 2. The summed E-state index contributed by atoms with van der Waals surface area (Å²) in [7, 11) is 0. The summed E-state index contributed by atoms with van der Waals surface area (Å²) in [6.45, 7) is 10.8. The monoisotopic (exact) mass is 203 g/mol. The second kappa shape index (κ2) is 5.11. The first-order valence-corrected chi connectivity index (χ1v) is 5.61. The van der Waals surface area contributed by atoms with E-state index in [9.17, 15) is 0 Å². The third-order valence-electron chi connectivity index (χ3n) is 2.45. The molecule has 0 aromatic heterocycles. The predicted octanol–water partition coefficient (Wildman–Crippen LogP) is 4.44. The molecule has 0 amide bonds. The van der Waals surface area contributed by atoms with E-state index in [1.807, 2.05) is 0 Å². The van der Waals surface area contributed by atoms with Gasteiger partial charge >= 0.3 is 0 Å². The fourth-order valence-corrected chi connectivity index (χ4v) is 1.81. The Kier molecular flexibility index (Phi) is 4.07. The molecular weight excluding hydrogens is 182 g/mol. The molecule has 0 bridgehead atoms. The van der Waals surface area contributed by atoms with Crippen molar-refractivity contribution in [1.82, 2.24) is 0 Å². The highest BCUT2D eigenvalue weighted by atomic mass is 14.7. The molecule has 0 saturated heterocycles. The first kappa shape index (κ1) is 12.0. The lowest BCUT2D eigenvalue weighted by atomic mass is 10.1. The number of hydrogen-bond donors (Lipinski definition) is 0. The zero-order chi connectivity index (χ0) is 11.4. The normalized spacial score (nSPS) is 12.3. The maximum atomic E-state index is 4.71. The summed E-state index contributed by atoms with van der Waals surface area (Å²) in [6, 6.07) is 6.32. The SMILES string of the molecule is CC(CC(C)C)=Nc1c(C)cccc1C. The number of rotatable bonds is 3. The summed E-state index contributed by atoms with van der Waals surface area (Å²) in [6.07, 6.45) is 1.08. The van der Waals surface area contributed by atoms with Gasteiger partial charge < -0.3 is 0 Å². The Morgan fingerprint density at radius 1 is 1.20 bits per heavy atom. The Labute approximate surface area is 93.2 Å². The molecule has 1 heteroatoms. The molecule has 1 aromatic carbocycles. The lowest BCUT2D eigenvalue weighted by Gasteiger charge is -2.08. The van der Waals surface area contributed by atoms with Crippen molar-refractivity contribution in [2.45, 2.75) is 41.0 Å². The van der Waals surface area contributed by atoms with Crippen LogP contribution in [0.2, 0.25) is 0 Å². The highest BCUT2D eigenvalue weighted by Gasteiger charge is 2.02. The van der Waals surface area contributed by atoms with Crippen molar-refractivity contribution < 1.29 is 0 Å². The summed E-state index contributed by atoms with van der Waals surface area (Å²) in [4.78, 5) is 4.71. The van der Waals surface area contributed by atoms with Gasteiger partial charge in [0.15, 0.2) is 0 Å². The molecule has 0 radical (unpaired) electrons. The number of aliphatic imine (C=N–C) groups is 1. The zero-order valence-electron chi connectivity index (χ0n) is 10.5. The van der Waals surface area contributed by atoms with Gasteiger partial charge in [0.1, 0.15) is 0 Å². The molecule has 0 aliphatic carbocycles. The van der Waals surface area contributed by atoms with Crippen molar-refractivity contribution in [1.29, 1.82) is 0 Å². The molecule has 0 aliphatic heterocycles. The quantitative estimate of drug-likeness (QED) is 0.644. The second-order valence-electron chi connectivity index (χ2n) is 4.69. The van der Waals surface area contributed by atoms with Crippen molar-refractivity contribution in [3.8, 4) is 0 Å². The number of benzene rings is 1. The van der Waals surface area contributed by atoms with Crippen LogP contribution in [0.15, 0.2) is 23.2 Å². The molecule has 0 saturated carbocycles. The summed E-state index contributed by atoms with van der Waals surface area (Å²) in [5.41, 5.74) is 4.90. The summed E-state index contributed by atoms with van der Waals surface area (Å²) in [5.74, 6) is 0.679. The van der Waals surface area contributed by atoms with Crippen LogP contribution >= 0.6 is 0 Å². The molecule has 0 aliphatic rings. The van der Waals surface area contributed by atoms with Crippen molar-refractivity contribution in [3.05, 3.63) is 29.3 Å². The smallest absolute Gasteiger partial charge is 0.0687 e. The van der Waals surface area contributed by atoms with E-state index in [4.69, 9.17) is 4.99 Å². The topological polar surface area (TPSA) is 12.4 Å². The van der Waals surface area contributed by atoms with E-state index in [1.165, 1.54) is 16.8 Å². The Hall–Kier alpha value is -1.11. The van der Waals surface area contributed by atoms with Crippen molar-refractivity contribution in [2.24, 2.45) is 10.9 Å². The molecular formula is C14H21N. The van der Waals surface area contributed by atoms with Gasteiger partial charge in [0, 0.05) is 5.71 Å².